The number of nitro benzene ring substituents is 1. The van der Waals surface area contributed by atoms with Crippen molar-refractivity contribution in [3.8, 4) is 11.6 Å². The Kier molecular flexibility index (Phi) is 4.74. The molecule has 0 N–H and O–H groups in total. The molecule has 1 aromatic carbocycles. The summed E-state index contributed by atoms with van der Waals surface area (Å²) in [6, 6.07) is 7.71. The number of oxazole rings is 1. The molecular weight excluding hydrogens is 386 g/mol. The lowest BCUT2D eigenvalue weighted by Crippen LogP contribution is -2.14. The first-order valence-electron chi connectivity index (χ1n) is 8.38. The number of furan rings is 1. The number of thioether (sulfide) groups is 1. The molecule has 4 aromatic rings. The van der Waals surface area contributed by atoms with Crippen LogP contribution in [0, 0.1) is 10.1 Å². The molecule has 0 amide bonds. The third-order valence-electron chi connectivity index (χ3n) is 4.20. The molecule has 11 heteroatoms. The highest BCUT2D eigenvalue weighted by atomic mass is 32.2. The minimum atomic E-state index is -0.528. The van der Waals surface area contributed by atoms with E-state index < -0.39 is 10.7 Å². The van der Waals surface area contributed by atoms with Crippen LogP contribution >= 0.6 is 11.8 Å². The zero-order valence-corrected chi connectivity index (χ0v) is 15.6. The van der Waals surface area contributed by atoms with Crippen LogP contribution in [0.15, 0.2) is 55.4 Å². The minimum absolute atomic E-state index is 0.0824. The van der Waals surface area contributed by atoms with E-state index in [4.69, 9.17) is 8.83 Å². The molecule has 28 heavy (non-hydrogen) atoms. The van der Waals surface area contributed by atoms with E-state index in [1.807, 2.05) is 17.7 Å². The van der Waals surface area contributed by atoms with Gasteiger partial charge in [0.2, 0.25) is 0 Å². The molecule has 0 spiro atoms. The summed E-state index contributed by atoms with van der Waals surface area (Å²) >= 11 is 1.50. The zero-order chi connectivity index (χ0) is 19.7. The van der Waals surface area contributed by atoms with Gasteiger partial charge < -0.3 is 13.4 Å². The van der Waals surface area contributed by atoms with E-state index in [9.17, 15) is 14.9 Å². The first-order valence-corrected chi connectivity index (χ1v) is 9.37. The van der Waals surface area contributed by atoms with Crippen molar-refractivity contribution in [3.05, 3.63) is 57.3 Å². The van der Waals surface area contributed by atoms with E-state index in [-0.39, 0.29) is 5.69 Å². The number of nitrogens with zero attached hydrogens (tertiary/aromatic N) is 5. The number of hydrogen-bond acceptors (Lipinski definition) is 8. The van der Waals surface area contributed by atoms with Gasteiger partial charge in [-0.25, -0.2) is 4.79 Å². The van der Waals surface area contributed by atoms with E-state index in [1.165, 1.54) is 34.5 Å². The van der Waals surface area contributed by atoms with E-state index in [0.29, 0.717) is 41.4 Å². The molecule has 0 radical (unpaired) electrons. The number of aryl methyl sites for hydroxylation is 1. The van der Waals surface area contributed by atoms with E-state index in [2.05, 4.69) is 10.2 Å². The molecule has 0 saturated carbocycles. The van der Waals surface area contributed by atoms with E-state index >= 15 is 0 Å². The molecule has 0 atom stereocenters. The van der Waals surface area contributed by atoms with Crippen molar-refractivity contribution in [2.45, 2.75) is 18.1 Å². The molecular formula is C17H15N5O5S. The summed E-state index contributed by atoms with van der Waals surface area (Å²) in [7, 11) is 1.85. The molecule has 0 unspecified atom stereocenters. The maximum Gasteiger partial charge on any atom is 0.419 e. The van der Waals surface area contributed by atoms with Crippen LogP contribution in [0.5, 0.6) is 0 Å². The third-order valence-corrected chi connectivity index (χ3v) is 5.30. The SMILES string of the molecule is Cn1c(SCCCn2c(=O)oc3ccc([N+](=O)[O-])cc32)nnc1-c1ccco1. The van der Waals surface area contributed by atoms with Crippen LogP contribution in [0.25, 0.3) is 22.7 Å². The van der Waals surface area contributed by atoms with Crippen molar-refractivity contribution in [1.29, 1.82) is 0 Å². The fraction of sp³-hybridized carbons (Fsp3) is 0.235. The average Bonchev–Trinajstić information content (AvgIpc) is 3.38. The Balaban J connectivity index is 1.43. The Bertz CT molecular complexity index is 1190. The highest BCUT2D eigenvalue weighted by Gasteiger charge is 2.15. The number of rotatable bonds is 7. The second kappa shape index (κ2) is 7.35. The lowest BCUT2D eigenvalue weighted by molar-refractivity contribution is -0.384. The Morgan fingerprint density at radius 1 is 1.29 bits per heavy atom. The van der Waals surface area contributed by atoms with Crippen molar-refractivity contribution in [2.24, 2.45) is 7.05 Å². The molecule has 10 nitrogen and oxygen atoms in total. The van der Waals surface area contributed by atoms with Crippen molar-refractivity contribution >= 4 is 28.5 Å². The second-order valence-corrected chi connectivity index (χ2v) is 7.04. The van der Waals surface area contributed by atoms with Crippen molar-refractivity contribution < 1.29 is 13.8 Å². The quantitative estimate of drug-likeness (QED) is 0.200. The van der Waals surface area contributed by atoms with Crippen molar-refractivity contribution in [3.63, 3.8) is 0 Å². The molecule has 3 aromatic heterocycles. The van der Waals surface area contributed by atoms with Crippen LogP contribution in [0.4, 0.5) is 5.69 Å². The van der Waals surface area contributed by atoms with Gasteiger partial charge >= 0.3 is 5.76 Å². The zero-order valence-electron chi connectivity index (χ0n) is 14.8. The normalized spacial score (nSPS) is 11.3. The van der Waals surface area contributed by atoms with Gasteiger partial charge in [0.05, 0.1) is 16.7 Å². The smallest absolute Gasteiger partial charge is 0.419 e. The van der Waals surface area contributed by atoms with Gasteiger partial charge in [-0.15, -0.1) is 10.2 Å². The second-order valence-electron chi connectivity index (χ2n) is 5.97. The van der Waals surface area contributed by atoms with Crippen LogP contribution in [0.1, 0.15) is 6.42 Å². The third kappa shape index (κ3) is 3.31. The van der Waals surface area contributed by atoms with Crippen molar-refractivity contribution in [2.75, 3.05) is 5.75 Å². The first kappa shape index (κ1) is 18.0. The number of nitro groups is 1. The summed E-state index contributed by atoms with van der Waals surface area (Å²) in [6.45, 7) is 0.378. The lowest BCUT2D eigenvalue weighted by Gasteiger charge is -2.03. The molecule has 0 fully saturated rings. The van der Waals surface area contributed by atoms with E-state index in [1.54, 1.807) is 12.3 Å². The maximum atomic E-state index is 12.1. The summed E-state index contributed by atoms with van der Waals surface area (Å²) < 4.78 is 13.7. The monoisotopic (exact) mass is 401 g/mol. The summed E-state index contributed by atoms with van der Waals surface area (Å²) in [6.07, 6.45) is 2.22. The summed E-state index contributed by atoms with van der Waals surface area (Å²) in [4.78, 5) is 22.5. The predicted octanol–water partition coefficient (Wildman–Crippen LogP) is 3.07. The van der Waals surface area contributed by atoms with Crippen LogP contribution in [-0.2, 0) is 13.6 Å². The molecule has 0 saturated heterocycles. The summed E-state index contributed by atoms with van der Waals surface area (Å²) in [5, 5.41) is 20.0. The lowest BCUT2D eigenvalue weighted by atomic mass is 10.3. The number of non-ortho nitro benzene ring substituents is 1. The largest absolute Gasteiger partial charge is 0.461 e. The van der Waals surface area contributed by atoms with Gasteiger partial charge in [-0.3, -0.25) is 14.7 Å². The fourth-order valence-electron chi connectivity index (χ4n) is 2.82. The number of fused-ring (bicyclic) bond motifs is 1. The van der Waals surface area contributed by atoms with Gasteiger partial charge in [0.15, 0.2) is 22.3 Å². The van der Waals surface area contributed by atoms with Gasteiger partial charge in [-0.05, 0) is 24.6 Å². The van der Waals surface area contributed by atoms with Crippen LogP contribution in [0.2, 0.25) is 0 Å². The van der Waals surface area contributed by atoms with Gasteiger partial charge in [0, 0.05) is 31.5 Å². The molecule has 3 heterocycles. The Hall–Kier alpha value is -3.34. The number of benzene rings is 1. The van der Waals surface area contributed by atoms with Gasteiger partial charge in [0.1, 0.15) is 0 Å². The van der Waals surface area contributed by atoms with Crippen LogP contribution in [-0.4, -0.2) is 30.0 Å². The standard InChI is InChI=1S/C17H15N5O5S/c1-20-15(14-4-2-8-26-14)18-19-16(20)28-9-3-7-21-12-10-11(22(24)25)5-6-13(12)27-17(21)23/h2,4-6,8,10H,3,7,9H2,1H3. The molecule has 0 aliphatic carbocycles. The summed E-state index contributed by atoms with van der Waals surface area (Å²) in [5.41, 5.74) is 0.670. The minimum Gasteiger partial charge on any atom is -0.461 e. The molecule has 0 aliphatic rings. The highest BCUT2D eigenvalue weighted by Crippen LogP contribution is 2.24. The molecule has 144 valence electrons. The van der Waals surface area contributed by atoms with Gasteiger partial charge in [-0.2, -0.15) is 0 Å². The Morgan fingerprint density at radius 2 is 2.14 bits per heavy atom. The number of aromatic nitrogens is 4. The van der Waals surface area contributed by atoms with Crippen LogP contribution < -0.4 is 5.76 Å². The Morgan fingerprint density at radius 3 is 2.89 bits per heavy atom. The fourth-order valence-corrected chi connectivity index (χ4v) is 3.66. The first-order chi connectivity index (χ1) is 13.5. The van der Waals surface area contributed by atoms with Crippen molar-refractivity contribution in [1.82, 2.24) is 19.3 Å². The Labute approximate surface area is 161 Å². The number of hydrogen-bond donors (Lipinski definition) is 0. The van der Waals surface area contributed by atoms with Gasteiger partial charge in [-0.1, -0.05) is 11.8 Å². The van der Waals surface area contributed by atoms with Crippen LogP contribution in [0.3, 0.4) is 0 Å². The average molecular weight is 401 g/mol. The molecule has 0 aliphatic heterocycles. The summed E-state index contributed by atoms with van der Waals surface area (Å²) in [5.74, 6) is 1.43. The maximum absolute atomic E-state index is 12.1. The molecule has 0 bridgehead atoms. The highest BCUT2D eigenvalue weighted by molar-refractivity contribution is 7.99. The van der Waals surface area contributed by atoms with Gasteiger partial charge in [0.25, 0.3) is 5.69 Å². The molecule has 4 rings (SSSR count). The predicted molar refractivity (Wildman–Crippen MR) is 101 cm³/mol. The topological polar surface area (TPSA) is 122 Å². The van der Waals surface area contributed by atoms with E-state index in [0.717, 1.165) is 5.16 Å².